The molecule has 0 saturated carbocycles. The van der Waals surface area contributed by atoms with Crippen molar-refractivity contribution < 1.29 is 4.79 Å². The summed E-state index contributed by atoms with van der Waals surface area (Å²) in [5.74, 6) is 0.469. The minimum atomic E-state index is 0.469. The van der Waals surface area contributed by atoms with E-state index in [0.717, 1.165) is 38.5 Å². The lowest BCUT2D eigenvalue weighted by atomic mass is 10.1. The average molecular weight is 166 g/mol. The zero-order valence-corrected chi connectivity index (χ0v) is 7.72. The van der Waals surface area contributed by atoms with Crippen LogP contribution in [-0.2, 0) is 4.79 Å². The first kappa shape index (κ1) is 9.50. The van der Waals surface area contributed by atoms with Crippen molar-refractivity contribution in [3.8, 4) is 0 Å². The third-order valence-electron chi connectivity index (χ3n) is 2.32. The second kappa shape index (κ2) is 5.99. The van der Waals surface area contributed by atoms with Gasteiger partial charge in [-0.25, -0.2) is 0 Å². The molecule has 0 atom stereocenters. The molecule has 0 radical (unpaired) electrons. The van der Waals surface area contributed by atoms with Crippen LogP contribution in [-0.4, -0.2) is 5.78 Å². The van der Waals surface area contributed by atoms with Crippen LogP contribution in [0.5, 0.6) is 0 Å². The maximum Gasteiger partial charge on any atom is 0.132 e. The fraction of sp³-hybridized carbons (Fsp3) is 0.727. The number of hydrogen-bond donors (Lipinski definition) is 0. The van der Waals surface area contributed by atoms with Gasteiger partial charge < -0.3 is 0 Å². The molecule has 0 unspecified atom stereocenters. The largest absolute Gasteiger partial charge is 0.300 e. The molecule has 1 aliphatic rings. The Kier molecular flexibility index (Phi) is 4.74. The number of hydrogen-bond acceptors (Lipinski definition) is 1. The van der Waals surface area contributed by atoms with Crippen LogP contribution in [0.4, 0.5) is 0 Å². The molecule has 0 heterocycles. The van der Waals surface area contributed by atoms with Gasteiger partial charge in [0.15, 0.2) is 0 Å². The second-order valence-corrected chi connectivity index (χ2v) is 3.50. The summed E-state index contributed by atoms with van der Waals surface area (Å²) < 4.78 is 0. The van der Waals surface area contributed by atoms with Crippen molar-refractivity contribution in [3.05, 3.63) is 12.2 Å². The Labute approximate surface area is 74.9 Å². The highest BCUT2D eigenvalue weighted by Crippen LogP contribution is 2.09. The Bertz CT molecular complexity index is 142. The first-order valence-electron chi connectivity index (χ1n) is 5.06. The summed E-state index contributed by atoms with van der Waals surface area (Å²) in [5.41, 5.74) is 0. The van der Waals surface area contributed by atoms with Crippen LogP contribution in [0.3, 0.4) is 0 Å². The molecule has 1 heteroatoms. The molecule has 68 valence electrons. The van der Waals surface area contributed by atoms with Crippen molar-refractivity contribution in [1.82, 2.24) is 0 Å². The van der Waals surface area contributed by atoms with Crippen LogP contribution < -0.4 is 0 Å². The molecule has 0 aromatic heterocycles. The van der Waals surface area contributed by atoms with Crippen LogP contribution >= 0.6 is 0 Å². The molecule has 1 rings (SSSR count). The topological polar surface area (TPSA) is 17.1 Å². The number of rotatable bonds is 0. The third kappa shape index (κ3) is 4.32. The minimum absolute atomic E-state index is 0.469. The molecule has 0 aromatic rings. The number of ketones is 1. The maximum absolute atomic E-state index is 11.2. The SMILES string of the molecule is O=C1CCCCC=CCCCC1. The third-order valence-corrected chi connectivity index (χ3v) is 2.32. The minimum Gasteiger partial charge on any atom is -0.300 e. The maximum atomic E-state index is 11.2. The summed E-state index contributed by atoms with van der Waals surface area (Å²) in [6, 6.07) is 0. The van der Waals surface area contributed by atoms with Crippen molar-refractivity contribution in [2.24, 2.45) is 0 Å². The Morgan fingerprint density at radius 1 is 0.833 bits per heavy atom. The molecule has 1 aliphatic carbocycles. The van der Waals surface area contributed by atoms with Gasteiger partial charge in [0.25, 0.3) is 0 Å². The van der Waals surface area contributed by atoms with E-state index < -0.39 is 0 Å². The molecule has 0 spiro atoms. The molecule has 0 aromatic carbocycles. The van der Waals surface area contributed by atoms with E-state index in [0.29, 0.717) is 5.78 Å². The lowest BCUT2D eigenvalue weighted by Gasteiger charge is -1.97. The molecule has 0 amide bonds. The lowest BCUT2D eigenvalue weighted by Crippen LogP contribution is -1.96. The van der Waals surface area contributed by atoms with Gasteiger partial charge in [0.05, 0.1) is 0 Å². The van der Waals surface area contributed by atoms with E-state index in [2.05, 4.69) is 12.2 Å². The number of Topliss-reactive ketones (excluding diaryl/α,β-unsaturated/α-hetero) is 1. The van der Waals surface area contributed by atoms with Crippen LogP contribution in [0.25, 0.3) is 0 Å². The van der Waals surface area contributed by atoms with Gasteiger partial charge in [0.1, 0.15) is 5.78 Å². The summed E-state index contributed by atoms with van der Waals surface area (Å²) in [5, 5.41) is 0. The molecule has 0 fully saturated rings. The van der Waals surface area contributed by atoms with E-state index >= 15 is 0 Å². The molecule has 12 heavy (non-hydrogen) atoms. The zero-order chi connectivity index (χ0) is 8.65. The normalized spacial score (nSPS) is 21.8. The van der Waals surface area contributed by atoms with Crippen LogP contribution in [0.15, 0.2) is 12.2 Å². The fourth-order valence-corrected chi connectivity index (χ4v) is 1.53. The van der Waals surface area contributed by atoms with Gasteiger partial charge in [-0.1, -0.05) is 12.2 Å². The van der Waals surface area contributed by atoms with E-state index in [1.807, 2.05) is 0 Å². The van der Waals surface area contributed by atoms with Gasteiger partial charge in [-0.3, -0.25) is 4.79 Å². The van der Waals surface area contributed by atoms with Gasteiger partial charge in [-0.05, 0) is 38.5 Å². The van der Waals surface area contributed by atoms with E-state index in [-0.39, 0.29) is 0 Å². The van der Waals surface area contributed by atoms with Gasteiger partial charge in [-0.15, -0.1) is 0 Å². The van der Waals surface area contributed by atoms with Crippen LogP contribution in [0.2, 0.25) is 0 Å². The molecule has 0 bridgehead atoms. The quantitative estimate of drug-likeness (QED) is 0.505. The summed E-state index contributed by atoms with van der Waals surface area (Å²) in [6.07, 6.45) is 13.0. The second-order valence-electron chi connectivity index (χ2n) is 3.50. The summed E-state index contributed by atoms with van der Waals surface area (Å²) in [7, 11) is 0. The molecule has 0 saturated heterocycles. The van der Waals surface area contributed by atoms with E-state index in [9.17, 15) is 4.79 Å². The van der Waals surface area contributed by atoms with Crippen LogP contribution in [0.1, 0.15) is 51.4 Å². The van der Waals surface area contributed by atoms with Gasteiger partial charge >= 0.3 is 0 Å². The summed E-state index contributed by atoms with van der Waals surface area (Å²) in [4.78, 5) is 11.2. The molecular formula is C11H18O. The van der Waals surface area contributed by atoms with E-state index in [1.54, 1.807) is 0 Å². The van der Waals surface area contributed by atoms with Crippen molar-refractivity contribution >= 4 is 5.78 Å². The smallest absolute Gasteiger partial charge is 0.132 e. The standard InChI is InChI=1S/C11H18O/c12-11-9-7-5-3-1-2-4-6-8-10-11/h1-2H,3-10H2. The van der Waals surface area contributed by atoms with Crippen molar-refractivity contribution in [1.29, 1.82) is 0 Å². The zero-order valence-electron chi connectivity index (χ0n) is 7.72. The number of carbonyl (C=O) groups is 1. The first-order valence-corrected chi connectivity index (χ1v) is 5.06. The van der Waals surface area contributed by atoms with Crippen molar-refractivity contribution in [2.45, 2.75) is 51.4 Å². The van der Waals surface area contributed by atoms with Crippen LogP contribution in [0, 0.1) is 0 Å². The molecule has 0 aliphatic heterocycles. The predicted molar refractivity (Wildman–Crippen MR) is 51.1 cm³/mol. The number of carbonyl (C=O) groups excluding carboxylic acids is 1. The Morgan fingerprint density at radius 3 is 1.83 bits per heavy atom. The predicted octanol–water partition coefficient (Wildman–Crippen LogP) is 3.25. The molecule has 1 nitrogen and oxygen atoms in total. The highest BCUT2D eigenvalue weighted by Gasteiger charge is 2.01. The average Bonchev–Trinajstić information content (AvgIpc) is 2.11. The van der Waals surface area contributed by atoms with Crippen molar-refractivity contribution in [2.75, 3.05) is 0 Å². The Balaban J connectivity index is 2.25. The van der Waals surface area contributed by atoms with Crippen molar-refractivity contribution in [3.63, 3.8) is 0 Å². The van der Waals surface area contributed by atoms with E-state index in [4.69, 9.17) is 0 Å². The number of allylic oxidation sites excluding steroid dienone is 2. The Hall–Kier alpha value is -0.590. The van der Waals surface area contributed by atoms with Gasteiger partial charge in [0, 0.05) is 12.8 Å². The van der Waals surface area contributed by atoms with Gasteiger partial charge in [-0.2, -0.15) is 0 Å². The Morgan fingerprint density at radius 2 is 1.33 bits per heavy atom. The molecular weight excluding hydrogens is 148 g/mol. The summed E-state index contributed by atoms with van der Waals surface area (Å²) in [6.45, 7) is 0. The van der Waals surface area contributed by atoms with Gasteiger partial charge in [0.2, 0.25) is 0 Å². The molecule has 0 N–H and O–H groups in total. The lowest BCUT2D eigenvalue weighted by molar-refractivity contribution is -0.119. The summed E-state index contributed by atoms with van der Waals surface area (Å²) >= 11 is 0. The highest BCUT2D eigenvalue weighted by atomic mass is 16.1. The van der Waals surface area contributed by atoms with E-state index in [1.165, 1.54) is 12.8 Å². The fourth-order valence-electron chi connectivity index (χ4n) is 1.53. The monoisotopic (exact) mass is 166 g/mol. The first-order chi connectivity index (χ1) is 5.89. The highest BCUT2D eigenvalue weighted by molar-refractivity contribution is 5.78.